The number of para-hydroxylation sites is 1. The van der Waals surface area contributed by atoms with E-state index in [0.717, 1.165) is 0 Å². The third kappa shape index (κ3) is 4.68. The van der Waals surface area contributed by atoms with Crippen LogP contribution in [-0.4, -0.2) is 60.5 Å². The van der Waals surface area contributed by atoms with Gasteiger partial charge in [-0.15, -0.1) is 0 Å². The number of ether oxygens (including phenoxy) is 4. The van der Waals surface area contributed by atoms with Crippen LogP contribution in [-0.2, 0) is 9.47 Å². The molecule has 0 spiro atoms. The summed E-state index contributed by atoms with van der Waals surface area (Å²) in [4.78, 5) is 25.4. The van der Waals surface area contributed by atoms with E-state index in [-0.39, 0.29) is 16.8 Å². The molecule has 4 unspecified atom stereocenters. The third-order valence-corrected chi connectivity index (χ3v) is 6.24. The lowest BCUT2D eigenvalue weighted by Crippen LogP contribution is -2.63. The van der Waals surface area contributed by atoms with Gasteiger partial charge in [0.05, 0.1) is 18.3 Å². The van der Waals surface area contributed by atoms with E-state index in [2.05, 4.69) is 5.32 Å². The summed E-state index contributed by atoms with van der Waals surface area (Å²) in [5, 5.41) is 24.1. The third-order valence-electron chi connectivity index (χ3n) is 6.24. The quantitative estimate of drug-likeness (QED) is 0.437. The first-order chi connectivity index (χ1) is 17.1. The van der Waals surface area contributed by atoms with Gasteiger partial charge in [0, 0.05) is 18.1 Å². The molecule has 0 radical (unpaired) electrons. The standard InChI is InChI=1S/C26H29NO9/c1-13-17(34-25-20(29)19(28)22(33-5)26(2,3)36-25)11-10-14-12-16(24(31)35-21(13)14)27-23(30)15-8-6-7-9-18(15)32-4/h6-12,19-20,22,25,28-29H,1-5H3,(H,27,30). The molecule has 1 saturated heterocycles. The number of nitrogens with one attached hydrogen (secondary N) is 1. The molecule has 36 heavy (non-hydrogen) atoms. The molecule has 192 valence electrons. The summed E-state index contributed by atoms with van der Waals surface area (Å²) >= 11 is 0. The molecule has 0 saturated carbocycles. The molecule has 1 aromatic heterocycles. The number of aliphatic hydroxyl groups excluding tert-OH is 2. The Bertz CT molecular complexity index is 1330. The lowest BCUT2D eigenvalue weighted by Gasteiger charge is -2.46. The number of amides is 1. The molecule has 3 N–H and O–H groups in total. The number of carbonyl (C=O) groups excluding carboxylic acids is 1. The summed E-state index contributed by atoms with van der Waals surface area (Å²) < 4.78 is 27.8. The van der Waals surface area contributed by atoms with Crippen LogP contribution in [0.5, 0.6) is 11.5 Å². The number of aliphatic hydroxyl groups is 2. The molecule has 4 rings (SSSR count). The summed E-state index contributed by atoms with van der Waals surface area (Å²) in [5.74, 6) is 0.143. The Morgan fingerprint density at radius 2 is 1.78 bits per heavy atom. The lowest BCUT2D eigenvalue weighted by atomic mass is 9.89. The predicted molar refractivity (Wildman–Crippen MR) is 131 cm³/mol. The molecule has 3 aromatic rings. The van der Waals surface area contributed by atoms with Gasteiger partial charge in [-0.3, -0.25) is 4.79 Å². The number of benzene rings is 2. The number of hydrogen-bond donors (Lipinski definition) is 3. The fourth-order valence-electron chi connectivity index (χ4n) is 4.37. The lowest BCUT2D eigenvalue weighted by molar-refractivity contribution is -0.306. The van der Waals surface area contributed by atoms with Gasteiger partial charge in [0.15, 0.2) is 0 Å². The molecular formula is C26H29NO9. The molecule has 0 aliphatic carbocycles. The van der Waals surface area contributed by atoms with E-state index in [4.69, 9.17) is 23.4 Å². The Morgan fingerprint density at radius 3 is 2.47 bits per heavy atom. The summed E-state index contributed by atoms with van der Waals surface area (Å²) in [6, 6.07) is 11.4. The highest BCUT2D eigenvalue weighted by Crippen LogP contribution is 2.35. The monoisotopic (exact) mass is 499 g/mol. The molecule has 2 aromatic carbocycles. The van der Waals surface area contributed by atoms with Crippen LogP contribution in [0.25, 0.3) is 11.0 Å². The van der Waals surface area contributed by atoms with Crippen LogP contribution in [0.4, 0.5) is 5.69 Å². The van der Waals surface area contributed by atoms with E-state index < -0.39 is 41.7 Å². The zero-order chi connectivity index (χ0) is 26.2. The molecule has 4 atom stereocenters. The molecule has 1 aliphatic heterocycles. The summed E-state index contributed by atoms with van der Waals surface area (Å²) in [6.07, 6.45) is -4.56. The van der Waals surface area contributed by atoms with Gasteiger partial charge in [-0.2, -0.15) is 0 Å². The van der Waals surface area contributed by atoms with Crippen LogP contribution in [0.1, 0.15) is 29.8 Å². The molecule has 1 amide bonds. The van der Waals surface area contributed by atoms with Crippen molar-refractivity contribution in [3.8, 4) is 11.5 Å². The molecule has 10 heteroatoms. The minimum atomic E-state index is -1.38. The second-order valence-corrected chi connectivity index (χ2v) is 9.05. The van der Waals surface area contributed by atoms with Crippen molar-refractivity contribution in [2.75, 3.05) is 19.5 Å². The van der Waals surface area contributed by atoms with Crippen LogP contribution >= 0.6 is 0 Å². The zero-order valence-corrected chi connectivity index (χ0v) is 20.6. The number of carbonyl (C=O) groups is 1. The highest BCUT2D eigenvalue weighted by Gasteiger charge is 2.50. The maximum Gasteiger partial charge on any atom is 0.360 e. The average molecular weight is 500 g/mol. The van der Waals surface area contributed by atoms with Crippen molar-refractivity contribution in [1.29, 1.82) is 0 Å². The van der Waals surface area contributed by atoms with E-state index in [1.165, 1.54) is 20.3 Å². The Morgan fingerprint density at radius 1 is 1.06 bits per heavy atom. The molecule has 10 nitrogen and oxygen atoms in total. The number of hydrogen-bond acceptors (Lipinski definition) is 9. The van der Waals surface area contributed by atoms with Gasteiger partial charge >= 0.3 is 5.63 Å². The van der Waals surface area contributed by atoms with Gasteiger partial charge in [0.1, 0.15) is 41.1 Å². The van der Waals surface area contributed by atoms with Crippen molar-refractivity contribution >= 4 is 22.6 Å². The Hall–Kier alpha value is -3.44. The highest BCUT2D eigenvalue weighted by molar-refractivity contribution is 6.06. The first kappa shape index (κ1) is 25.6. The largest absolute Gasteiger partial charge is 0.496 e. The molecule has 2 heterocycles. The van der Waals surface area contributed by atoms with E-state index in [9.17, 15) is 19.8 Å². The van der Waals surface area contributed by atoms with Crippen LogP contribution < -0.4 is 20.4 Å². The Labute approximate surface area is 207 Å². The molecule has 1 fully saturated rings. The minimum Gasteiger partial charge on any atom is -0.496 e. The van der Waals surface area contributed by atoms with Gasteiger partial charge < -0.3 is 38.9 Å². The number of aryl methyl sites for hydroxylation is 1. The van der Waals surface area contributed by atoms with Crippen LogP contribution in [0, 0.1) is 6.92 Å². The molecule has 0 bridgehead atoms. The maximum atomic E-state index is 12.7. The summed E-state index contributed by atoms with van der Waals surface area (Å²) in [5.41, 5.74) is -0.736. The van der Waals surface area contributed by atoms with Crippen molar-refractivity contribution in [1.82, 2.24) is 0 Å². The van der Waals surface area contributed by atoms with Crippen molar-refractivity contribution < 1.29 is 38.4 Å². The minimum absolute atomic E-state index is 0.0343. The SMILES string of the molecule is COc1ccccc1C(=O)Nc1cc2ccc(OC3OC(C)(C)C(OC)C(O)C3O)c(C)c2oc1=O. The van der Waals surface area contributed by atoms with Crippen LogP contribution in [0.3, 0.4) is 0 Å². The highest BCUT2D eigenvalue weighted by atomic mass is 16.7. The Kier molecular flexibility index (Phi) is 7.05. The van der Waals surface area contributed by atoms with Gasteiger partial charge in [-0.1, -0.05) is 12.1 Å². The van der Waals surface area contributed by atoms with E-state index >= 15 is 0 Å². The van der Waals surface area contributed by atoms with Crippen molar-refractivity contribution in [2.24, 2.45) is 0 Å². The second-order valence-electron chi connectivity index (χ2n) is 9.05. The number of rotatable bonds is 6. The predicted octanol–water partition coefficient (Wildman–Crippen LogP) is 2.61. The average Bonchev–Trinajstić information content (AvgIpc) is 2.85. The number of anilines is 1. The summed E-state index contributed by atoms with van der Waals surface area (Å²) in [7, 11) is 2.88. The zero-order valence-electron chi connectivity index (χ0n) is 20.6. The van der Waals surface area contributed by atoms with Crippen LogP contribution in [0.15, 0.2) is 51.7 Å². The van der Waals surface area contributed by atoms with E-state index in [0.29, 0.717) is 22.4 Å². The summed E-state index contributed by atoms with van der Waals surface area (Å²) in [6.45, 7) is 5.13. The van der Waals surface area contributed by atoms with Crippen molar-refractivity contribution in [3.63, 3.8) is 0 Å². The smallest absolute Gasteiger partial charge is 0.360 e. The second kappa shape index (κ2) is 9.90. The fourth-order valence-corrected chi connectivity index (χ4v) is 4.37. The Balaban J connectivity index is 1.61. The molecule has 1 aliphatic rings. The normalized spacial score (nSPS) is 23.3. The molecular weight excluding hydrogens is 470 g/mol. The number of fused-ring (bicyclic) bond motifs is 1. The van der Waals surface area contributed by atoms with Crippen LogP contribution in [0.2, 0.25) is 0 Å². The number of methoxy groups -OCH3 is 2. The van der Waals surface area contributed by atoms with E-state index in [1.807, 2.05) is 0 Å². The van der Waals surface area contributed by atoms with Crippen molar-refractivity contribution in [3.05, 3.63) is 64.0 Å². The first-order valence-corrected chi connectivity index (χ1v) is 11.3. The van der Waals surface area contributed by atoms with Gasteiger partial charge in [0.2, 0.25) is 6.29 Å². The maximum absolute atomic E-state index is 12.7. The topological polar surface area (TPSA) is 137 Å². The fraction of sp³-hybridized carbons (Fsp3) is 0.385. The van der Waals surface area contributed by atoms with Gasteiger partial charge in [-0.25, -0.2) is 4.79 Å². The first-order valence-electron chi connectivity index (χ1n) is 11.3. The van der Waals surface area contributed by atoms with E-state index in [1.54, 1.807) is 57.2 Å². The van der Waals surface area contributed by atoms with Crippen molar-refractivity contribution in [2.45, 2.75) is 51.0 Å². The van der Waals surface area contributed by atoms with Gasteiger partial charge in [-0.05, 0) is 51.1 Å². The van der Waals surface area contributed by atoms with Gasteiger partial charge in [0.25, 0.3) is 5.91 Å².